The first-order chi connectivity index (χ1) is 8.51. The number of hydrogen-bond acceptors (Lipinski definition) is 3. The lowest BCUT2D eigenvalue weighted by atomic mass is 9.78. The molecule has 0 aromatic carbocycles. The molecule has 1 N–H and O–H groups in total. The van der Waals surface area contributed by atoms with E-state index >= 15 is 0 Å². The van der Waals surface area contributed by atoms with Crippen LogP contribution in [0.15, 0.2) is 4.99 Å². The molecule has 2 unspecified atom stereocenters. The summed E-state index contributed by atoms with van der Waals surface area (Å²) in [6.45, 7) is 5.02. The van der Waals surface area contributed by atoms with E-state index in [4.69, 9.17) is 0 Å². The third-order valence-electron chi connectivity index (χ3n) is 4.15. The van der Waals surface area contributed by atoms with Gasteiger partial charge < -0.3 is 5.32 Å². The maximum absolute atomic E-state index is 11.3. The van der Waals surface area contributed by atoms with E-state index < -0.39 is 10.8 Å². The number of rotatable bonds is 3. The summed E-state index contributed by atoms with van der Waals surface area (Å²) in [5.74, 6) is 2.04. The standard InChI is InChI=1S/C13H24N2OS2/c1-10-4-6-13(7-5-10)9-17-12(15-13)14-8-11(2)18(3)16/h10-11H,4-9H2,1-3H3,(H,14,15). The summed E-state index contributed by atoms with van der Waals surface area (Å²) < 4.78 is 11.3. The molecule has 2 aliphatic rings. The Bertz CT molecular complexity index is 349. The van der Waals surface area contributed by atoms with Crippen LogP contribution in [0.5, 0.6) is 0 Å². The molecule has 0 aromatic heterocycles. The molecule has 1 saturated heterocycles. The lowest BCUT2D eigenvalue weighted by Crippen LogP contribution is -2.46. The first-order valence-corrected chi connectivity index (χ1v) is 9.39. The molecular formula is C13H24N2OS2. The first kappa shape index (κ1) is 14.4. The third-order valence-corrected chi connectivity index (χ3v) is 6.63. The number of nitrogens with zero attached hydrogens (tertiary/aromatic N) is 1. The van der Waals surface area contributed by atoms with E-state index in [1.54, 1.807) is 6.26 Å². The van der Waals surface area contributed by atoms with Crippen molar-refractivity contribution in [2.45, 2.75) is 50.3 Å². The van der Waals surface area contributed by atoms with Crippen LogP contribution in [0, 0.1) is 5.92 Å². The first-order valence-electron chi connectivity index (χ1n) is 6.78. The Labute approximate surface area is 117 Å². The summed E-state index contributed by atoms with van der Waals surface area (Å²) in [6.07, 6.45) is 6.96. The zero-order chi connectivity index (χ0) is 13.2. The van der Waals surface area contributed by atoms with E-state index in [0.29, 0.717) is 12.1 Å². The maximum Gasteiger partial charge on any atom is 0.157 e. The lowest BCUT2D eigenvalue weighted by molar-refractivity contribution is 0.251. The fourth-order valence-corrected chi connectivity index (χ4v) is 4.00. The van der Waals surface area contributed by atoms with E-state index in [0.717, 1.165) is 16.8 Å². The van der Waals surface area contributed by atoms with E-state index in [1.807, 2.05) is 18.7 Å². The van der Waals surface area contributed by atoms with Gasteiger partial charge in [-0.05, 0) is 38.5 Å². The van der Waals surface area contributed by atoms with Gasteiger partial charge in [0.2, 0.25) is 0 Å². The molecule has 1 aliphatic heterocycles. The second-order valence-electron chi connectivity index (χ2n) is 5.83. The highest BCUT2D eigenvalue weighted by Gasteiger charge is 2.39. The van der Waals surface area contributed by atoms with Crippen LogP contribution in [0.25, 0.3) is 0 Å². The molecule has 0 bridgehead atoms. The average molecular weight is 288 g/mol. The van der Waals surface area contributed by atoms with Gasteiger partial charge in [-0.2, -0.15) is 0 Å². The molecule has 1 spiro atoms. The second-order valence-corrected chi connectivity index (χ2v) is 8.60. The minimum Gasteiger partial charge on any atom is -0.359 e. The van der Waals surface area contributed by atoms with Crippen molar-refractivity contribution in [2.24, 2.45) is 10.9 Å². The maximum atomic E-state index is 11.3. The Morgan fingerprint density at radius 3 is 2.83 bits per heavy atom. The van der Waals surface area contributed by atoms with E-state index in [1.165, 1.54) is 25.7 Å². The Morgan fingerprint density at radius 2 is 2.22 bits per heavy atom. The summed E-state index contributed by atoms with van der Waals surface area (Å²) in [5.41, 5.74) is 0.310. The molecule has 0 radical (unpaired) electrons. The van der Waals surface area contributed by atoms with Crippen LogP contribution in [-0.2, 0) is 10.8 Å². The summed E-state index contributed by atoms with van der Waals surface area (Å²) in [4.78, 5) is 4.59. The Kier molecular flexibility index (Phi) is 4.75. The highest BCUT2D eigenvalue weighted by Crippen LogP contribution is 2.38. The van der Waals surface area contributed by atoms with Gasteiger partial charge in [0.1, 0.15) is 0 Å². The largest absolute Gasteiger partial charge is 0.359 e. The van der Waals surface area contributed by atoms with Crippen LogP contribution in [0.3, 0.4) is 0 Å². The fourth-order valence-electron chi connectivity index (χ4n) is 2.49. The minimum atomic E-state index is -0.772. The number of hydrogen-bond donors (Lipinski definition) is 1. The van der Waals surface area contributed by atoms with Gasteiger partial charge in [-0.25, -0.2) is 0 Å². The summed E-state index contributed by atoms with van der Waals surface area (Å²) in [7, 11) is -0.772. The van der Waals surface area contributed by atoms with Crippen molar-refractivity contribution in [1.29, 1.82) is 0 Å². The number of amidine groups is 1. The van der Waals surface area contributed by atoms with Gasteiger partial charge in [-0.15, -0.1) is 0 Å². The molecule has 3 nitrogen and oxygen atoms in total. The zero-order valence-corrected chi connectivity index (χ0v) is 13.2. The number of aliphatic imine (C=N–C) groups is 1. The van der Waals surface area contributed by atoms with Crippen molar-refractivity contribution in [3.63, 3.8) is 0 Å². The fraction of sp³-hybridized carbons (Fsp3) is 0.923. The smallest absolute Gasteiger partial charge is 0.157 e. The third kappa shape index (κ3) is 3.50. The van der Waals surface area contributed by atoms with Gasteiger partial charge in [0.25, 0.3) is 0 Å². The molecule has 1 heterocycles. The normalized spacial score (nSPS) is 37.7. The molecule has 104 valence electrons. The van der Waals surface area contributed by atoms with Crippen LogP contribution in [0.2, 0.25) is 0 Å². The quantitative estimate of drug-likeness (QED) is 0.867. The highest BCUT2D eigenvalue weighted by molar-refractivity contribution is 8.14. The van der Waals surface area contributed by atoms with Gasteiger partial charge in [0.05, 0.1) is 11.8 Å². The molecule has 2 fully saturated rings. The molecule has 18 heavy (non-hydrogen) atoms. The molecule has 1 saturated carbocycles. The number of nitrogens with one attached hydrogen (secondary N) is 1. The number of thioether (sulfide) groups is 1. The van der Waals surface area contributed by atoms with Crippen LogP contribution in [0.4, 0.5) is 0 Å². The molecule has 1 aliphatic carbocycles. The molecule has 0 amide bonds. The van der Waals surface area contributed by atoms with E-state index in [-0.39, 0.29) is 5.25 Å². The SMILES string of the molecule is CC1CCC2(CC1)CSC(=NCC(C)S(C)=O)N2. The summed E-state index contributed by atoms with van der Waals surface area (Å²) >= 11 is 1.84. The Morgan fingerprint density at radius 1 is 1.56 bits per heavy atom. The van der Waals surface area contributed by atoms with Crippen molar-refractivity contribution in [3.05, 3.63) is 0 Å². The average Bonchev–Trinajstić information content (AvgIpc) is 2.74. The topological polar surface area (TPSA) is 41.5 Å². The molecular weight excluding hydrogens is 264 g/mol. The van der Waals surface area contributed by atoms with Crippen LogP contribution in [-0.4, -0.2) is 38.7 Å². The van der Waals surface area contributed by atoms with Crippen molar-refractivity contribution >= 4 is 27.7 Å². The zero-order valence-electron chi connectivity index (χ0n) is 11.6. The van der Waals surface area contributed by atoms with Crippen molar-refractivity contribution in [2.75, 3.05) is 18.6 Å². The lowest BCUT2D eigenvalue weighted by Gasteiger charge is -2.35. The molecule has 2 atom stereocenters. The van der Waals surface area contributed by atoms with Crippen molar-refractivity contribution in [3.8, 4) is 0 Å². The monoisotopic (exact) mass is 288 g/mol. The van der Waals surface area contributed by atoms with Crippen molar-refractivity contribution < 1.29 is 4.21 Å². The second kappa shape index (κ2) is 5.95. The predicted molar refractivity (Wildman–Crippen MR) is 81.8 cm³/mol. The van der Waals surface area contributed by atoms with Gasteiger partial charge in [0, 0.05) is 28.3 Å². The van der Waals surface area contributed by atoms with Gasteiger partial charge >= 0.3 is 0 Å². The Balaban J connectivity index is 1.88. The highest BCUT2D eigenvalue weighted by atomic mass is 32.2. The summed E-state index contributed by atoms with van der Waals surface area (Å²) in [5, 5.41) is 4.86. The molecule has 0 aromatic rings. The van der Waals surface area contributed by atoms with Crippen molar-refractivity contribution in [1.82, 2.24) is 5.32 Å². The van der Waals surface area contributed by atoms with Crippen LogP contribution in [0.1, 0.15) is 39.5 Å². The summed E-state index contributed by atoms with van der Waals surface area (Å²) in [6, 6.07) is 0. The van der Waals surface area contributed by atoms with Gasteiger partial charge in [-0.1, -0.05) is 18.7 Å². The van der Waals surface area contributed by atoms with E-state index in [2.05, 4.69) is 17.2 Å². The van der Waals surface area contributed by atoms with Gasteiger partial charge in [0.15, 0.2) is 5.17 Å². The van der Waals surface area contributed by atoms with Crippen LogP contribution < -0.4 is 5.32 Å². The van der Waals surface area contributed by atoms with Gasteiger partial charge in [-0.3, -0.25) is 9.20 Å². The molecule has 5 heteroatoms. The minimum absolute atomic E-state index is 0.155. The molecule has 2 rings (SSSR count). The van der Waals surface area contributed by atoms with Crippen LogP contribution >= 0.6 is 11.8 Å². The van der Waals surface area contributed by atoms with E-state index in [9.17, 15) is 4.21 Å². The predicted octanol–water partition coefficient (Wildman–Crippen LogP) is 2.39. The Hall–Kier alpha value is -0.0300.